The molecule has 1 aromatic carbocycles. The van der Waals surface area contributed by atoms with Gasteiger partial charge >= 0.3 is 0 Å². The summed E-state index contributed by atoms with van der Waals surface area (Å²) < 4.78 is 0. The molecule has 1 aromatic heterocycles. The van der Waals surface area contributed by atoms with Gasteiger partial charge in [-0.2, -0.15) is 15.4 Å². The van der Waals surface area contributed by atoms with Crippen LogP contribution in [0.4, 0.5) is 0 Å². The van der Waals surface area contributed by atoms with Crippen LogP contribution in [0.25, 0.3) is 11.3 Å². The number of aromatic hydroxyl groups is 1. The molecule has 0 spiro atoms. The lowest BCUT2D eigenvalue weighted by atomic mass is 10.0. The molecule has 2 rings (SSSR count). The molecular weight excluding hydrogens is 220 g/mol. The van der Waals surface area contributed by atoms with Gasteiger partial charge in [-0.05, 0) is 37.1 Å². The van der Waals surface area contributed by atoms with Crippen LogP contribution in [0.15, 0.2) is 12.1 Å². The predicted octanol–water partition coefficient (Wildman–Crippen LogP) is 0.893. The Balaban J connectivity index is 2.61. The molecule has 0 atom stereocenters. The molecule has 0 radical (unpaired) electrons. The van der Waals surface area contributed by atoms with E-state index in [0.29, 0.717) is 22.4 Å². The second-order valence-corrected chi connectivity index (χ2v) is 3.84. The number of phenols is 1. The molecule has 0 saturated carbocycles. The van der Waals surface area contributed by atoms with Crippen LogP contribution in [-0.2, 0) is 0 Å². The van der Waals surface area contributed by atoms with Gasteiger partial charge in [0.2, 0.25) is 0 Å². The zero-order chi connectivity index (χ0) is 12.6. The number of primary amides is 1. The molecule has 0 bridgehead atoms. The average Bonchev–Trinajstić information content (AvgIpc) is 2.74. The molecule has 0 unspecified atom stereocenters. The second-order valence-electron chi connectivity index (χ2n) is 3.84. The van der Waals surface area contributed by atoms with Gasteiger partial charge in [0.1, 0.15) is 11.4 Å². The fourth-order valence-corrected chi connectivity index (χ4v) is 1.70. The molecule has 6 nitrogen and oxygen atoms in total. The van der Waals surface area contributed by atoms with Gasteiger partial charge in [-0.1, -0.05) is 0 Å². The minimum atomic E-state index is -0.642. The van der Waals surface area contributed by atoms with E-state index < -0.39 is 5.91 Å². The summed E-state index contributed by atoms with van der Waals surface area (Å²) >= 11 is 0. The van der Waals surface area contributed by atoms with Crippen LogP contribution < -0.4 is 5.73 Å². The van der Waals surface area contributed by atoms with Crippen LogP contribution in [0.1, 0.15) is 21.6 Å². The Hall–Kier alpha value is -2.37. The largest absolute Gasteiger partial charge is 0.507 e. The number of benzene rings is 1. The highest BCUT2D eigenvalue weighted by atomic mass is 16.3. The van der Waals surface area contributed by atoms with Crippen molar-refractivity contribution < 1.29 is 9.90 Å². The minimum Gasteiger partial charge on any atom is -0.507 e. The van der Waals surface area contributed by atoms with Crippen LogP contribution in [0.5, 0.6) is 5.75 Å². The molecule has 1 amide bonds. The van der Waals surface area contributed by atoms with Crippen molar-refractivity contribution >= 4 is 5.91 Å². The van der Waals surface area contributed by atoms with Crippen molar-refractivity contribution in [2.24, 2.45) is 5.73 Å². The Morgan fingerprint density at radius 1 is 1.29 bits per heavy atom. The third kappa shape index (κ3) is 1.84. The predicted molar refractivity (Wildman–Crippen MR) is 61.5 cm³/mol. The maximum Gasteiger partial charge on any atom is 0.271 e. The quantitative estimate of drug-likeness (QED) is 0.715. The lowest BCUT2D eigenvalue weighted by Gasteiger charge is -2.06. The number of hydrogen-bond donors (Lipinski definition) is 3. The summed E-state index contributed by atoms with van der Waals surface area (Å²) in [4.78, 5) is 11.1. The van der Waals surface area contributed by atoms with Crippen LogP contribution in [-0.4, -0.2) is 26.4 Å². The first-order valence-corrected chi connectivity index (χ1v) is 5.02. The monoisotopic (exact) mass is 232 g/mol. The third-order valence-corrected chi connectivity index (χ3v) is 2.55. The number of H-pyrrole nitrogens is 1. The summed E-state index contributed by atoms with van der Waals surface area (Å²) in [5.74, 6) is -0.407. The number of nitrogens with zero attached hydrogens (tertiary/aromatic N) is 2. The topological polar surface area (TPSA) is 105 Å². The van der Waals surface area contributed by atoms with Gasteiger partial charge in [0, 0.05) is 5.56 Å². The minimum absolute atomic E-state index is 0.0921. The Labute approximate surface area is 97.5 Å². The zero-order valence-corrected chi connectivity index (χ0v) is 9.48. The number of carbonyl (C=O) groups excluding carboxylic acids is 1. The number of aromatic amines is 1. The Bertz CT molecular complexity index is 566. The normalized spacial score (nSPS) is 10.5. The molecule has 0 aliphatic carbocycles. The second kappa shape index (κ2) is 3.89. The van der Waals surface area contributed by atoms with E-state index in [1.54, 1.807) is 26.0 Å². The van der Waals surface area contributed by atoms with E-state index in [1.807, 2.05) is 0 Å². The molecule has 4 N–H and O–H groups in total. The van der Waals surface area contributed by atoms with E-state index in [-0.39, 0.29) is 11.4 Å². The van der Waals surface area contributed by atoms with Gasteiger partial charge in [0.15, 0.2) is 5.69 Å². The SMILES string of the molecule is Cc1cc(-c2n[nH]nc2C(N)=O)cc(C)c1O. The standard InChI is InChI=1S/C11H12N4O2/c1-5-3-7(4-6(2)10(5)16)8-9(11(12)17)14-15-13-8/h3-4,16H,1-2H3,(H2,12,17)(H,13,14,15). The first-order chi connectivity index (χ1) is 8.00. The summed E-state index contributed by atoms with van der Waals surface area (Å²) in [7, 11) is 0. The lowest BCUT2D eigenvalue weighted by molar-refractivity contribution is 0.0996. The zero-order valence-electron chi connectivity index (χ0n) is 9.48. The van der Waals surface area contributed by atoms with Gasteiger partial charge in [-0.25, -0.2) is 0 Å². The molecule has 2 aromatic rings. The molecule has 0 fully saturated rings. The van der Waals surface area contributed by atoms with Crippen molar-refractivity contribution in [1.29, 1.82) is 0 Å². The van der Waals surface area contributed by atoms with E-state index in [1.165, 1.54) is 0 Å². The molecule has 6 heteroatoms. The Morgan fingerprint density at radius 2 is 1.88 bits per heavy atom. The number of rotatable bonds is 2. The van der Waals surface area contributed by atoms with E-state index in [9.17, 15) is 9.90 Å². The fourth-order valence-electron chi connectivity index (χ4n) is 1.70. The Morgan fingerprint density at radius 3 is 2.41 bits per heavy atom. The van der Waals surface area contributed by atoms with Crippen molar-refractivity contribution in [3.8, 4) is 17.0 Å². The molecule has 88 valence electrons. The summed E-state index contributed by atoms with van der Waals surface area (Å²) in [6, 6.07) is 3.46. The van der Waals surface area contributed by atoms with Gasteiger partial charge < -0.3 is 10.8 Å². The maximum absolute atomic E-state index is 11.1. The fraction of sp³-hybridized carbons (Fsp3) is 0.182. The maximum atomic E-state index is 11.1. The highest BCUT2D eigenvalue weighted by molar-refractivity contribution is 5.96. The van der Waals surface area contributed by atoms with Crippen LogP contribution in [0, 0.1) is 13.8 Å². The highest BCUT2D eigenvalue weighted by Gasteiger charge is 2.16. The van der Waals surface area contributed by atoms with Crippen LogP contribution >= 0.6 is 0 Å². The number of amides is 1. The number of hydrogen-bond acceptors (Lipinski definition) is 4. The number of nitrogens with one attached hydrogen (secondary N) is 1. The summed E-state index contributed by atoms with van der Waals surface area (Å²) in [5, 5.41) is 19.6. The first kappa shape index (κ1) is 11.1. The molecule has 0 aliphatic heterocycles. The van der Waals surface area contributed by atoms with E-state index in [4.69, 9.17) is 5.73 Å². The van der Waals surface area contributed by atoms with Crippen molar-refractivity contribution in [3.63, 3.8) is 0 Å². The number of carbonyl (C=O) groups is 1. The van der Waals surface area contributed by atoms with Gasteiger partial charge in [-0.15, -0.1) is 0 Å². The number of aromatic nitrogens is 3. The summed E-state index contributed by atoms with van der Waals surface area (Å²) in [6.45, 7) is 3.55. The third-order valence-electron chi connectivity index (χ3n) is 2.55. The van der Waals surface area contributed by atoms with Crippen molar-refractivity contribution in [3.05, 3.63) is 29.0 Å². The van der Waals surface area contributed by atoms with E-state index >= 15 is 0 Å². The van der Waals surface area contributed by atoms with Crippen LogP contribution in [0.3, 0.4) is 0 Å². The van der Waals surface area contributed by atoms with Crippen LogP contribution in [0.2, 0.25) is 0 Å². The number of phenolic OH excluding ortho intramolecular Hbond substituents is 1. The van der Waals surface area contributed by atoms with Gasteiger partial charge in [0.25, 0.3) is 5.91 Å². The molecule has 1 heterocycles. The summed E-state index contributed by atoms with van der Waals surface area (Å²) in [5.41, 5.74) is 7.78. The molecule has 0 aliphatic rings. The highest BCUT2D eigenvalue weighted by Crippen LogP contribution is 2.28. The Kier molecular flexibility index (Phi) is 2.55. The average molecular weight is 232 g/mol. The first-order valence-electron chi connectivity index (χ1n) is 5.02. The smallest absolute Gasteiger partial charge is 0.271 e. The van der Waals surface area contributed by atoms with Crippen molar-refractivity contribution in [2.45, 2.75) is 13.8 Å². The van der Waals surface area contributed by atoms with E-state index in [2.05, 4.69) is 15.4 Å². The van der Waals surface area contributed by atoms with Gasteiger partial charge in [0.05, 0.1) is 0 Å². The summed E-state index contributed by atoms with van der Waals surface area (Å²) in [6.07, 6.45) is 0. The molecule has 0 saturated heterocycles. The van der Waals surface area contributed by atoms with E-state index in [0.717, 1.165) is 0 Å². The van der Waals surface area contributed by atoms with Crippen molar-refractivity contribution in [2.75, 3.05) is 0 Å². The number of nitrogens with two attached hydrogens (primary N) is 1. The van der Waals surface area contributed by atoms with Gasteiger partial charge in [-0.3, -0.25) is 4.79 Å². The molecular formula is C11H12N4O2. The number of aryl methyl sites for hydroxylation is 2. The molecule has 17 heavy (non-hydrogen) atoms. The lowest BCUT2D eigenvalue weighted by Crippen LogP contribution is -2.12. The van der Waals surface area contributed by atoms with Crippen molar-refractivity contribution in [1.82, 2.24) is 15.4 Å².